The molecule has 2 atom stereocenters. The van der Waals surface area contributed by atoms with Gasteiger partial charge in [0.2, 0.25) is 0 Å². The van der Waals surface area contributed by atoms with E-state index in [1.54, 1.807) is 6.92 Å². The van der Waals surface area contributed by atoms with Crippen LogP contribution >= 0.6 is 0 Å². The molecule has 0 N–H and O–H groups in total. The highest BCUT2D eigenvalue weighted by molar-refractivity contribution is 5.77. The van der Waals surface area contributed by atoms with Crippen LogP contribution in [0, 0.1) is 11.8 Å². The topological polar surface area (TPSA) is 34.1 Å². The van der Waals surface area contributed by atoms with Crippen molar-refractivity contribution >= 4 is 11.6 Å². The van der Waals surface area contributed by atoms with Gasteiger partial charge in [0.1, 0.15) is 11.6 Å². The van der Waals surface area contributed by atoms with Crippen LogP contribution in [0.25, 0.3) is 0 Å². The smallest absolute Gasteiger partial charge is 0.132 e. The summed E-state index contributed by atoms with van der Waals surface area (Å²) in [7, 11) is 0. The Morgan fingerprint density at radius 3 is 2.20 bits per heavy atom. The van der Waals surface area contributed by atoms with Gasteiger partial charge >= 0.3 is 0 Å². The van der Waals surface area contributed by atoms with Crippen LogP contribution in [0.2, 0.25) is 0 Å². The van der Waals surface area contributed by atoms with Crippen molar-refractivity contribution in [1.29, 1.82) is 0 Å². The van der Waals surface area contributed by atoms with E-state index in [9.17, 15) is 9.59 Å². The van der Waals surface area contributed by atoms with Gasteiger partial charge in [0, 0.05) is 19.3 Å². The highest BCUT2D eigenvalue weighted by Crippen LogP contribution is 2.21. The largest absolute Gasteiger partial charge is 0.300 e. The summed E-state index contributed by atoms with van der Waals surface area (Å²) in [6, 6.07) is 0. The summed E-state index contributed by atoms with van der Waals surface area (Å²) in [6.45, 7) is 7.84. The third-order valence-corrected chi connectivity index (χ3v) is 3.09. The molecular formula is C13H24O2. The number of rotatable bonds is 8. The number of carbonyl (C=O) groups is 2. The van der Waals surface area contributed by atoms with Crippen LogP contribution in [-0.2, 0) is 9.59 Å². The minimum absolute atomic E-state index is 0.263. The maximum Gasteiger partial charge on any atom is 0.132 e. The zero-order valence-corrected chi connectivity index (χ0v) is 10.5. The van der Waals surface area contributed by atoms with Crippen molar-refractivity contribution in [3.05, 3.63) is 0 Å². The predicted octanol–water partition coefficient (Wildman–Crippen LogP) is 3.39. The molecule has 0 radical (unpaired) electrons. The molecule has 15 heavy (non-hydrogen) atoms. The van der Waals surface area contributed by atoms with Gasteiger partial charge in [0.15, 0.2) is 0 Å². The number of hydrogen-bond donors (Lipinski definition) is 0. The summed E-state index contributed by atoms with van der Waals surface area (Å²) in [5, 5.41) is 0. The lowest BCUT2D eigenvalue weighted by atomic mass is 9.87. The standard InChI is InChI=1S/C13H24O2/c1-5-13(15)8-6-7-10(2)11(3)9-12(4)14/h10-11H,5-9H2,1-4H3. The molecule has 0 aliphatic carbocycles. The zero-order chi connectivity index (χ0) is 11.8. The van der Waals surface area contributed by atoms with Crippen molar-refractivity contribution in [2.75, 3.05) is 0 Å². The molecule has 0 aromatic rings. The molecule has 88 valence electrons. The first-order valence-electron chi connectivity index (χ1n) is 5.98. The quantitative estimate of drug-likeness (QED) is 0.618. The summed E-state index contributed by atoms with van der Waals surface area (Å²) < 4.78 is 0. The van der Waals surface area contributed by atoms with Crippen LogP contribution in [0.1, 0.15) is 59.8 Å². The van der Waals surface area contributed by atoms with E-state index in [-0.39, 0.29) is 5.78 Å². The molecule has 0 aliphatic rings. The molecule has 0 aromatic heterocycles. The molecular weight excluding hydrogens is 188 g/mol. The Bertz CT molecular complexity index is 209. The van der Waals surface area contributed by atoms with Crippen LogP contribution in [0.3, 0.4) is 0 Å². The van der Waals surface area contributed by atoms with E-state index in [4.69, 9.17) is 0 Å². The molecule has 2 nitrogen and oxygen atoms in total. The van der Waals surface area contributed by atoms with E-state index in [0.717, 1.165) is 12.8 Å². The summed E-state index contributed by atoms with van der Waals surface area (Å²) in [6.07, 6.45) is 4.05. The van der Waals surface area contributed by atoms with Gasteiger partial charge in [-0.15, -0.1) is 0 Å². The van der Waals surface area contributed by atoms with Gasteiger partial charge in [-0.2, -0.15) is 0 Å². The number of carbonyl (C=O) groups excluding carboxylic acids is 2. The Balaban J connectivity index is 3.68. The lowest BCUT2D eigenvalue weighted by molar-refractivity contribution is -0.119. The van der Waals surface area contributed by atoms with Crippen molar-refractivity contribution in [3.63, 3.8) is 0 Å². The maximum absolute atomic E-state index is 11.1. The zero-order valence-electron chi connectivity index (χ0n) is 10.5. The summed E-state index contributed by atoms with van der Waals surface area (Å²) in [5.74, 6) is 1.60. The highest BCUT2D eigenvalue weighted by Gasteiger charge is 2.14. The lowest BCUT2D eigenvalue weighted by Crippen LogP contribution is -2.12. The Hall–Kier alpha value is -0.660. The maximum atomic E-state index is 11.1. The molecule has 0 rings (SSSR count). The number of ketones is 2. The minimum atomic E-state index is 0.263. The van der Waals surface area contributed by atoms with E-state index in [2.05, 4.69) is 13.8 Å². The molecule has 0 fully saturated rings. The van der Waals surface area contributed by atoms with Crippen LogP contribution in [0.4, 0.5) is 0 Å². The van der Waals surface area contributed by atoms with Crippen molar-refractivity contribution in [1.82, 2.24) is 0 Å². The van der Waals surface area contributed by atoms with Crippen LogP contribution in [-0.4, -0.2) is 11.6 Å². The molecule has 0 spiro atoms. The monoisotopic (exact) mass is 212 g/mol. The number of hydrogen-bond acceptors (Lipinski definition) is 2. The molecule has 2 heteroatoms. The molecule has 0 aliphatic heterocycles. The van der Waals surface area contributed by atoms with Crippen LogP contribution in [0.5, 0.6) is 0 Å². The molecule has 0 saturated carbocycles. The molecule has 0 aromatic carbocycles. The van der Waals surface area contributed by atoms with Gasteiger partial charge in [0.25, 0.3) is 0 Å². The second kappa shape index (κ2) is 7.61. The normalized spacial score (nSPS) is 14.7. The average molecular weight is 212 g/mol. The third kappa shape index (κ3) is 7.29. The summed E-state index contributed by atoms with van der Waals surface area (Å²) >= 11 is 0. The molecule has 0 heterocycles. The Kier molecular flexibility index (Phi) is 7.27. The first-order valence-corrected chi connectivity index (χ1v) is 5.98. The van der Waals surface area contributed by atoms with Crippen molar-refractivity contribution in [2.45, 2.75) is 59.8 Å². The third-order valence-electron chi connectivity index (χ3n) is 3.09. The highest BCUT2D eigenvalue weighted by atomic mass is 16.1. The average Bonchev–Trinajstić information content (AvgIpc) is 2.16. The number of Topliss-reactive ketones (excluding diaryl/α,β-unsaturated/α-hetero) is 2. The SMILES string of the molecule is CCC(=O)CCCC(C)C(C)CC(C)=O. The lowest BCUT2D eigenvalue weighted by Gasteiger charge is -2.18. The van der Waals surface area contributed by atoms with Gasteiger partial charge < -0.3 is 4.79 Å². The van der Waals surface area contributed by atoms with Gasteiger partial charge in [0.05, 0.1) is 0 Å². The Morgan fingerprint density at radius 2 is 1.73 bits per heavy atom. The molecule has 0 saturated heterocycles. The Labute approximate surface area is 93.4 Å². The molecule has 0 amide bonds. The first kappa shape index (κ1) is 14.3. The first-order chi connectivity index (χ1) is 6.97. The van der Waals surface area contributed by atoms with Crippen molar-refractivity contribution in [3.8, 4) is 0 Å². The van der Waals surface area contributed by atoms with E-state index < -0.39 is 0 Å². The fourth-order valence-corrected chi connectivity index (χ4v) is 1.74. The van der Waals surface area contributed by atoms with E-state index >= 15 is 0 Å². The van der Waals surface area contributed by atoms with E-state index in [1.807, 2.05) is 6.92 Å². The van der Waals surface area contributed by atoms with Crippen LogP contribution < -0.4 is 0 Å². The minimum Gasteiger partial charge on any atom is -0.300 e. The predicted molar refractivity (Wildman–Crippen MR) is 62.8 cm³/mol. The second-order valence-corrected chi connectivity index (χ2v) is 4.65. The van der Waals surface area contributed by atoms with E-state index in [1.165, 1.54) is 0 Å². The second-order valence-electron chi connectivity index (χ2n) is 4.65. The van der Waals surface area contributed by atoms with Gasteiger partial charge in [-0.05, 0) is 25.2 Å². The molecule has 0 bridgehead atoms. The fourth-order valence-electron chi connectivity index (χ4n) is 1.74. The fraction of sp³-hybridized carbons (Fsp3) is 0.846. The van der Waals surface area contributed by atoms with Crippen molar-refractivity contribution < 1.29 is 9.59 Å². The van der Waals surface area contributed by atoms with Crippen LogP contribution in [0.15, 0.2) is 0 Å². The molecule has 2 unspecified atom stereocenters. The Morgan fingerprint density at radius 1 is 1.13 bits per heavy atom. The van der Waals surface area contributed by atoms with E-state index in [0.29, 0.717) is 36.9 Å². The summed E-state index contributed by atoms with van der Waals surface area (Å²) in [4.78, 5) is 22.0. The van der Waals surface area contributed by atoms with Gasteiger partial charge in [-0.3, -0.25) is 4.79 Å². The summed E-state index contributed by atoms with van der Waals surface area (Å²) in [5.41, 5.74) is 0. The van der Waals surface area contributed by atoms with Gasteiger partial charge in [-0.25, -0.2) is 0 Å². The van der Waals surface area contributed by atoms with Gasteiger partial charge in [-0.1, -0.05) is 27.2 Å². The van der Waals surface area contributed by atoms with Crippen molar-refractivity contribution in [2.24, 2.45) is 11.8 Å².